The van der Waals surface area contributed by atoms with E-state index < -0.39 is 15.0 Å². The summed E-state index contributed by atoms with van der Waals surface area (Å²) in [5.41, 5.74) is 0.0597. The Labute approximate surface area is 111 Å². The first-order chi connectivity index (χ1) is 8.27. The maximum Gasteiger partial charge on any atom is 0.273 e. The molecule has 6 nitrogen and oxygen atoms in total. The van der Waals surface area contributed by atoms with Gasteiger partial charge in [0.25, 0.3) is 15.0 Å². The van der Waals surface area contributed by atoms with Gasteiger partial charge in [0.2, 0.25) is 0 Å². The van der Waals surface area contributed by atoms with Gasteiger partial charge < -0.3 is 5.32 Å². The predicted octanol–water partition coefficient (Wildman–Crippen LogP) is 1.42. The van der Waals surface area contributed by atoms with E-state index in [2.05, 4.69) is 15.5 Å². The van der Waals surface area contributed by atoms with Crippen molar-refractivity contribution >= 4 is 25.6 Å². The van der Waals surface area contributed by atoms with Crippen LogP contribution in [0.1, 0.15) is 36.5 Å². The number of rotatable bonds is 5. The van der Waals surface area contributed by atoms with Gasteiger partial charge in [0.15, 0.2) is 5.69 Å². The van der Waals surface area contributed by atoms with Crippen LogP contribution in [0.4, 0.5) is 0 Å². The normalized spacial score (nSPS) is 13.3. The van der Waals surface area contributed by atoms with Crippen molar-refractivity contribution in [2.75, 3.05) is 6.54 Å². The Morgan fingerprint density at radius 3 is 2.67 bits per heavy atom. The van der Waals surface area contributed by atoms with Crippen molar-refractivity contribution in [3.05, 3.63) is 11.4 Å². The molecule has 0 aromatic carbocycles. The van der Waals surface area contributed by atoms with Crippen LogP contribution in [-0.4, -0.2) is 31.1 Å². The van der Waals surface area contributed by atoms with Gasteiger partial charge in [-0.1, -0.05) is 20.3 Å². The van der Waals surface area contributed by atoms with E-state index in [9.17, 15) is 13.2 Å². The van der Waals surface area contributed by atoms with Gasteiger partial charge in [-0.2, -0.15) is 5.10 Å². The molecule has 1 aromatic rings. The summed E-state index contributed by atoms with van der Waals surface area (Å²) in [6.07, 6.45) is 0.917. The minimum absolute atomic E-state index is 0.189. The Kier molecular flexibility index (Phi) is 4.75. The van der Waals surface area contributed by atoms with Crippen LogP contribution < -0.4 is 5.32 Å². The van der Waals surface area contributed by atoms with Gasteiger partial charge in [0.05, 0.1) is 5.69 Å². The second kappa shape index (κ2) is 5.71. The van der Waals surface area contributed by atoms with E-state index in [-0.39, 0.29) is 16.3 Å². The molecule has 18 heavy (non-hydrogen) atoms. The number of H-pyrrole nitrogens is 1. The molecule has 1 atom stereocenters. The van der Waals surface area contributed by atoms with Crippen LogP contribution in [0, 0.1) is 12.8 Å². The van der Waals surface area contributed by atoms with Gasteiger partial charge in [-0.05, 0) is 12.8 Å². The minimum atomic E-state index is -3.99. The van der Waals surface area contributed by atoms with Crippen LogP contribution in [0.2, 0.25) is 0 Å². The second-order valence-electron chi connectivity index (χ2n) is 4.19. The fourth-order valence-corrected chi connectivity index (χ4v) is 2.71. The molecule has 0 saturated carbocycles. The fourth-order valence-electron chi connectivity index (χ4n) is 1.37. The second-order valence-corrected chi connectivity index (χ2v) is 6.69. The van der Waals surface area contributed by atoms with Crippen LogP contribution in [-0.2, 0) is 9.05 Å². The topological polar surface area (TPSA) is 91.9 Å². The van der Waals surface area contributed by atoms with Gasteiger partial charge in [0.1, 0.15) is 4.90 Å². The third-order valence-corrected chi connectivity index (χ3v) is 4.11. The molecule has 1 rings (SSSR count). The Morgan fingerprint density at radius 2 is 2.17 bits per heavy atom. The van der Waals surface area contributed by atoms with Gasteiger partial charge >= 0.3 is 0 Å². The number of aromatic nitrogens is 2. The summed E-state index contributed by atoms with van der Waals surface area (Å²) in [7, 11) is 1.28. The minimum Gasteiger partial charge on any atom is -0.350 e. The Bertz CT molecular complexity index is 539. The fraction of sp³-hybridized carbons (Fsp3) is 0.600. The Balaban J connectivity index is 2.94. The van der Waals surface area contributed by atoms with Crippen LogP contribution in [0.15, 0.2) is 4.90 Å². The number of carbonyl (C=O) groups is 1. The molecular formula is C10H16ClN3O3S. The highest BCUT2D eigenvalue weighted by atomic mass is 35.7. The Morgan fingerprint density at radius 1 is 1.56 bits per heavy atom. The largest absolute Gasteiger partial charge is 0.350 e. The molecule has 102 valence electrons. The first kappa shape index (κ1) is 15.0. The molecular weight excluding hydrogens is 278 g/mol. The number of halogens is 1. The molecule has 0 aliphatic heterocycles. The van der Waals surface area contributed by atoms with Crippen LogP contribution in [0.3, 0.4) is 0 Å². The first-order valence-corrected chi connectivity index (χ1v) is 7.86. The molecule has 0 fully saturated rings. The lowest BCUT2D eigenvalue weighted by molar-refractivity contribution is 0.0939. The highest BCUT2D eigenvalue weighted by Gasteiger charge is 2.26. The van der Waals surface area contributed by atoms with Gasteiger partial charge in [0, 0.05) is 17.2 Å². The summed E-state index contributed by atoms with van der Waals surface area (Å²) in [6, 6.07) is 0. The van der Waals surface area contributed by atoms with E-state index in [1.807, 2.05) is 13.8 Å². The highest BCUT2D eigenvalue weighted by Crippen LogP contribution is 2.21. The summed E-state index contributed by atoms with van der Waals surface area (Å²) < 4.78 is 22.7. The van der Waals surface area contributed by atoms with Crippen LogP contribution in [0.5, 0.6) is 0 Å². The van der Waals surface area contributed by atoms with Crippen molar-refractivity contribution in [3.63, 3.8) is 0 Å². The predicted molar refractivity (Wildman–Crippen MR) is 68.2 cm³/mol. The van der Waals surface area contributed by atoms with E-state index in [4.69, 9.17) is 10.7 Å². The lowest BCUT2D eigenvalue weighted by Gasteiger charge is -2.09. The van der Waals surface area contributed by atoms with Gasteiger partial charge in [-0.15, -0.1) is 0 Å². The van der Waals surface area contributed by atoms with Crippen molar-refractivity contribution in [1.82, 2.24) is 15.5 Å². The zero-order valence-corrected chi connectivity index (χ0v) is 12.0. The number of aromatic amines is 1. The van der Waals surface area contributed by atoms with Crippen molar-refractivity contribution in [3.8, 4) is 0 Å². The summed E-state index contributed by atoms with van der Waals surface area (Å²) in [4.78, 5) is 11.6. The molecule has 0 radical (unpaired) electrons. The maximum absolute atomic E-state index is 11.8. The number of nitrogens with zero attached hydrogens (tertiary/aromatic N) is 1. The van der Waals surface area contributed by atoms with Crippen molar-refractivity contribution in [1.29, 1.82) is 0 Å². The third kappa shape index (κ3) is 3.46. The zero-order chi connectivity index (χ0) is 13.9. The third-order valence-electron chi connectivity index (χ3n) is 2.66. The summed E-state index contributed by atoms with van der Waals surface area (Å²) >= 11 is 0. The Hall–Kier alpha value is -1.08. The maximum atomic E-state index is 11.8. The number of amides is 1. The van der Waals surface area contributed by atoms with E-state index in [1.54, 1.807) is 0 Å². The molecule has 1 heterocycles. The summed E-state index contributed by atoms with van der Waals surface area (Å²) in [6.45, 7) is 5.94. The molecule has 2 N–H and O–H groups in total. The molecule has 0 aliphatic rings. The number of hydrogen-bond acceptors (Lipinski definition) is 4. The number of hydrogen-bond donors (Lipinski definition) is 2. The van der Waals surface area contributed by atoms with Gasteiger partial charge in [-0.25, -0.2) is 8.42 Å². The van der Waals surface area contributed by atoms with Crippen LogP contribution >= 0.6 is 10.7 Å². The summed E-state index contributed by atoms with van der Waals surface area (Å²) in [5.74, 6) is -0.232. The number of carbonyl (C=O) groups excluding carboxylic acids is 1. The average molecular weight is 294 g/mol. The van der Waals surface area contributed by atoms with Crippen LogP contribution in [0.25, 0.3) is 0 Å². The summed E-state index contributed by atoms with van der Waals surface area (Å²) in [5, 5.41) is 8.77. The molecule has 8 heteroatoms. The van der Waals surface area contributed by atoms with Crippen molar-refractivity contribution < 1.29 is 13.2 Å². The average Bonchev–Trinajstić information content (AvgIpc) is 2.67. The van der Waals surface area contributed by atoms with Crippen molar-refractivity contribution in [2.24, 2.45) is 5.92 Å². The van der Waals surface area contributed by atoms with E-state index >= 15 is 0 Å². The zero-order valence-electron chi connectivity index (χ0n) is 10.4. The molecule has 0 saturated heterocycles. The first-order valence-electron chi connectivity index (χ1n) is 5.55. The molecule has 0 bridgehead atoms. The number of nitrogens with one attached hydrogen (secondary N) is 2. The van der Waals surface area contributed by atoms with Crippen molar-refractivity contribution in [2.45, 2.75) is 32.1 Å². The monoisotopic (exact) mass is 293 g/mol. The quantitative estimate of drug-likeness (QED) is 0.803. The number of aryl methyl sites for hydroxylation is 1. The standard InChI is InChI=1S/C10H16ClN3O3S/c1-4-6(2)5-12-10(15)8-9(18(11,16)17)7(3)13-14-8/h6H,4-5H2,1-3H3,(H,12,15)(H,13,14). The van der Waals surface area contributed by atoms with E-state index in [0.29, 0.717) is 12.5 Å². The molecule has 0 spiro atoms. The molecule has 1 aromatic heterocycles. The molecule has 0 aliphatic carbocycles. The van der Waals surface area contributed by atoms with E-state index in [0.717, 1.165) is 6.42 Å². The highest BCUT2D eigenvalue weighted by molar-refractivity contribution is 8.13. The van der Waals surface area contributed by atoms with Gasteiger partial charge in [-0.3, -0.25) is 9.89 Å². The lowest BCUT2D eigenvalue weighted by Crippen LogP contribution is -2.29. The molecule has 1 amide bonds. The molecule has 1 unspecified atom stereocenters. The van der Waals surface area contributed by atoms with E-state index in [1.165, 1.54) is 6.92 Å². The lowest BCUT2D eigenvalue weighted by atomic mass is 10.1. The smallest absolute Gasteiger partial charge is 0.273 e. The SMILES string of the molecule is CCC(C)CNC(=O)c1n[nH]c(C)c1S(=O)(=O)Cl.